The molecule has 0 aromatic heterocycles. The molecule has 0 spiro atoms. The zero-order valence-electron chi connectivity index (χ0n) is 10.6. The number of phenolic OH excluding ortho intramolecular Hbond substituents is 2. The molecule has 6 nitrogen and oxygen atoms in total. The van der Waals surface area contributed by atoms with Gasteiger partial charge in [-0.05, 0) is 12.1 Å². The van der Waals surface area contributed by atoms with Crippen molar-refractivity contribution in [3.8, 4) is 11.5 Å². The van der Waals surface area contributed by atoms with Gasteiger partial charge in [0.05, 0.1) is 12.2 Å². The van der Waals surface area contributed by atoms with E-state index in [0.29, 0.717) is 32.7 Å². The Hall–Kier alpha value is -1.79. The van der Waals surface area contributed by atoms with Crippen molar-refractivity contribution in [1.29, 1.82) is 0 Å². The van der Waals surface area contributed by atoms with Crippen molar-refractivity contribution in [2.75, 3.05) is 39.3 Å². The highest BCUT2D eigenvalue weighted by Gasteiger charge is 2.23. The summed E-state index contributed by atoms with van der Waals surface area (Å²) < 4.78 is 0. The van der Waals surface area contributed by atoms with E-state index in [9.17, 15) is 15.0 Å². The lowest BCUT2D eigenvalue weighted by Crippen LogP contribution is -2.49. The maximum Gasteiger partial charge on any atom is 0.257 e. The maximum absolute atomic E-state index is 12.2. The molecule has 0 aliphatic carbocycles. The van der Waals surface area contributed by atoms with Gasteiger partial charge < -0.3 is 20.2 Å². The van der Waals surface area contributed by atoms with Gasteiger partial charge in [0.25, 0.3) is 5.91 Å². The fraction of sp³-hybridized carbons (Fsp3) is 0.462. The first-order valence-electron chi connectivity index (χ1n) is 6.26. The number of hydrogen-bond donors (Lipinski definition) is 3. The molecule has 0 radical (unpaired) electrons. The zero-order valence-corrected chi connectivity index (χ0v) is 10.6. The van der Waals surface area contributed by atoms with Gasteiger partial charge >= 0.3 is 0 Å². The SMILES string of the molecule is O=C(c1ccc(O)cc1O)N1CCN(CCO)CC1. The number of amides is 1. The Kier molecular flexibility index (Phi) is 4.24. The van der Waals surface area contributed by atoms with Crippen molar-refractivity contribution >= 4 is 5.91 Å². The smallest absolute Gasteiger partial charge is 0.257 e. The molecule has 3 N–H and O–H groups in total. The number of carbonyl (C=O) groups excluding carboxylic acids is 1. The van der Waals surface area contributed by atoms with E-state index in [2.05, 4.69) is 4.90 Å². The standard InChI is InChI=1S/C13H18N2O4/c16-8-7-14-3-5-15(6-4-14)13(19)11-2-1-10(17)9-12(11)18/h1-2,9,16-18H,3-8H2. The van der Waals surface area contributed by atoms with Crippen LogP contribution in [-0.2, 0) is 0 Å². The van der Waals surface area contributed by atoms with Crippen molar-refractivity contribution in [1.82, 2.24) is 9.80 Å². The van der Waals surface area contributed by atoms with E-state index in [-0.39, 0.29) is 29.6 Å². The molecule has 2 rings (SSSR count). The summed E-state index contributed by atoms with van der Waals surface area (Å²) in [4.78, 5) is 16.0. The van der Waals surface area contributed by atoms with E-state index >= 15 is 0 Å². The van der Waals surface area contributed by atoms with E-state index in [1.165, 1.54) is 12.1 Å². The lowest BCUT2D eigenvalue weighted by atomic mass is 10.1. The van der Waals surface area contributed by atoms with Gasteiger partial charge in [-0.3, -0.25) is 9.69 Å². The first-order valence-corrected chi connectivity index (χ1v) is 6.26. The average molecular weight is 266 g/mol. The first kappa shape index (κ1) is 13.6. The average Bonchev–Trinajstić information content (AvgIpc) is 2.39. The van der Waals surface area contributed by atoms with Gasteiger partial charge in [-0.15, -0.1) is 0 Å². The molecule has 1 saturated heterocycles. The minimum atomic E-state index is -0.235. The summed E-state index contributed by atoms with van der Waals surface area (Å²) in [5.41, 5.74) is 0.202. The number of carbonyl (C=O) groups is 1. The molecule has 1 aromatic carbocycles. The first-order chi connectivity index (χ1) is 9.11. The topological polar surface area (TPSA) is 84.2 Å². The zero-order chi connectivity index (χ0) is 13.8. The molecular weight excluding hydrogens is 248 g/mol. The lowest BCUT2D eigenvalue weighted by molar-refractivity contribution is 0.0612. The number of piperazine rings is 1. The molecule has 1 fully saturated rings. The molecule has 1 amide bonds. The Morgan fingerprint density at radius 2 is 1.84 bits per heavy atom. The third kappa shape index (κ3) is 3.15. The number of nitrogens with zero attached hydrogens (tertiary/aromatic N) is 2. The molecule has 1 aromatic rings. The molecule has 6 heteroatoms. The van der Waals surface area contributed by atoms with Crippen LogP contribution < -0.4 is 0 Å². The Balaban J connectivity index is 2.01. The second-order valence-electron chi connectivity index (χ2n) is 4.56. The number of rotatable bonds is 3. The van der Waals surface area contributed by atoms with Crippen LogP contribution in [0.15, 0.2) is 18.2 Å². The number of benzene rings is 1. The van der Waals surface area contributed by atoms with Crippen molar-refractivity contribution in [3.05, 3.63) is 23.8 Å². The van der Waals surface area contributed by atoms with Gasteiger partial charge in [0.15, 0.2) is 0 Å². The third-order valence-corrected chi connectivity index (χ3v) is 3.29. The molecule has 0 atom stereocenters. The number of phenols is 2. The number of aliphatic hydroxyl groups excluding tert-OH is 1. The normalized spacial score (nSPS) is 16.6. The Bertz CT molecular complexity index is 456. The molecule has 0 bridgehead atoms. The Morgan fingerprint density at radius 3 is 2.42 bits per heavy atom. The highest BCUT2D eigenvalue weighted by Crippen LogP contribution is 2.24. The van der Waals surface area contributed by atoms with E-state index in [4.69, 9.17) is 5.11 Å². The summed E-state index contributed by atoms with van der Waals surface area (Å²) in [5, 5.41) is 27.7. The molecule has 19 heavy (non-hydrogen) atoms. The van der Waals surface area contributed by atoms with Crippen LogP contribution in [0.1, 0.15) is 10.4 Å². The fourth-order valence-corrected chi connectivity index (χ4v) is 2.19. The fourth-order valence-electron chi connectivity index (χ4n) is 2.19. The Morgan fingerprint density at radius 1 is 1.16 bits per heavy atom. The molecule has 1 aliphatic heterocycles. The minimum Gasteiger partial charge on any atom is -0.508 e. The number of β-amino-alcohol motifs (C(OH)–C–C–N with tert-alkyl or cyclic N) is 1. The van der Waals surface area contributed by atoms with Gasteiger partial charge in [0.1, 0.15) is 11.5 Å². The molecule has 104 valence electrons. The largest absolute Gasteiger partial charge is 0.508 e. The van der Waals surface area contributed by atoms with Crippen LogP contribution in [0.4, 0.5) is 0 Å². The van der Waals surface area contributed by atoms with Gasteiger partial charge in [-0.1, -0.05) is 0 Å². The van der Waals surface area contributed by atoms with Crippen molar-refractivity contribution in [2.24, 2.45) is 0 Å². The van der Waals surface area contributed by atoms with Crippen LogP contribution in [0.3, 0.4) is 0 Å². The van der Waals surface area contributed by atoms with Gasteiger partial charge in [-0.2, -0.15) is 0 Å². The van der Waals surface area contributed by atoms with Crippen molar-refractivity contribution < 1.29 is 20.1 Å². The Labute approximate surface area is 111 Å². The van der Waals surface area contributed by atoms with Crippen LogP contribution in [0.5, 0.6) is 11.5 Å². The summed E-state index contributed by atoms with van der Waals surface area (Å²) in [6.07, 6.45) is 0. The van der Waals surface area contributed by atoms with Crippen LogP contribution in [-0.4, -0.2) is 70.4 Å². The van der Waals surface area contributed by atoms with E-state index in [0.717, 1.165) is 6.07 Å². The van der Waals surface area contributed by atoms with Crippen molar-refractivity contribution in [2.45, 2.75) is 0 Å². The highest BCUT2D eigenvalue weighted by atomic mass is 16.3. The summed E-state index contributed by atoms with van der Waals surface area (Å²) in [5.74, 6) is -0.509. The lowest BCUT2D eigenvalue weighted by Gasteiger charge is -2.34. The third-order valence-electron chi connectivity index (χ3n) is 3.29. The number of aliphatic hydroxyl groups is 1. The van der Waals surface area contributed by atoms with Crippen LogP contribution in [0, 0.1) is 0 Å². The predicted octanol–water partition coefficient (Wildman–Crippen LogP) is -0.152. The summed E-state index contributed by atoms with van der Waals surface area (Å²) in [7, 11) is 0. The van der Waals surface area contributed by atoms with Gasteiger partial charge in [0, 0.05) is 38.8 Å². The van der Waals surface area contributed by atoms with Gasteiger partial charge in [-0.25, -0.2) is 0 Å². The molecule has 1 heterocycles. The van der Waals surface area contributed by atoms with Crippen LogP contribution in [0.25, 0.3) is 0 Å². The quantitative estimate of drug-likeness (QED) is 0.708. The highest BCUT2D eigenvalue weighted by molar-refractivity contribution is 5.97. The van der Waals surface area contributed by atoms with E-state index < -0.39 is 0 Å². The molecule has 1 aliphatic rings. The minimum absolute atomic E-state index is 0.0678. The second-order valence-corrected chi connectivity index (χ2v) is 4.56. The monoisotopic (exact) mass is 266 g/mol. The van der Waals surface area contributed by atoms with Gasteiger partial charge in [0.2, 0.25) is 0 Å². The number of hydrogen-bond acceptors (Lipinski definition) is 5. The summed E-state index contributed by atoms with van der Waals surface area (Å²) in [6.45, 7) is 3.30. The predicted molar refractivity (Wildman–Crippen MR) is 69.2 cm³/mol. The van der Waals surface area contributed by atoms with E-state index in [1.807, 2.05) is 0 Å². The molecular formula is C13H18N2O4. The maximum atomic E-state index is 12.2. The van der Waals surface area contributed by atoms with E-state index in [1.54, 1.807) is 4.90 Å². The molecule has 0 saturated carbocycles. The van der Waals surface area contributed by atoms with Crippen LogP contribution in [0.2, 0.25) is 0 Å². The second kappa shape index (κ2) is 5.90. The van der Waals surface area contributed by atoms with Crippen molar-refractivity contribution in [3.63, 3.8) is 0 Å². The number of aromatic hydroxyl groups is 2. The summed E-state index contributed by atoms with van der Waals surface area (Å²) >= 11 is 0. The molecule has 0 unspecified atom stereocenters. The van der Waals surface area contributed by atoms with Crippen LogP contribution >= 0.6 is 0 Å². The summed E-state index contributed by atoms with van der Waals surface area (Å²) in [6, 6.07) is 3.97.